The molecule has 0 saturated heterocycles. The Bertz CT molecular complexity index is 635. The SMILES string of the molecule is NC(=S)c1ccc(Nc2nc(C3CC3)cs2)cc1Br. The maximum absolute atomic E-state index is 5.63. The molecule has 0 spiro atoms. The minimum absolute atomic E-state index is 0.392. The number of halogens is 1. The molecule has 2 aromatic rings. The molecule has 0 atom stereocenters. The van der Waals surface area contributed by atoms with Crippen LogP contribution in [0.25, 0.3) is 0 Å². The van der Waals surface area contributed by atoms with Crippen LogP contribution in [0.15, 0.2) is 28.1 Å². The molecule has 3 rings (SSSR count). The van der Waals surface area contributed by atoms with Gasteiger partial charge in [0.1, 0.15) is 4.99 Å². The number of rotatable bonds is 4. The predicted octanol–water partition coefficient (Wildman–Crippen LogP) is 4.16. The minimum Gasteiger partial charge on any atom is -0.389 e. The summed E-state index contributed by atoms with van der Waals surface area (Å²) in [6.45, 7) is 0. The van der Waals surface area contributed by atoms with Gasteiger partial charge in [0.25, 0.3) is 0 Å². The zero-order valence-corrected chi connectivity index (χ0v) is 13.2. The molecule has 6 heteroatoms. The maximum atomic E-state index is 5.63. The third-order valence-corrected chi connectivity index (χ3v) is 4.66. The average Bonchev–Trinajstić information content (AvgIpc) is 3.10. The first-order valence-electron chi connectivity index (χ1n) is 5.95. The van der Waals surface area contributed by atoms with E-state index in [9.17, 15) is 0 Å². The van der Waals surface area contributed by atoms with Gasteiger partial charge in [-0.2, -0.15) is 0 Å². The summed E-state index contributed by atoms with van der Waals surface area (Å²) in [5, 5.41) is 6.37. The van der Waals surface area contributed by atoms with E-state index in [0.717, 1.165) is 20.9 Å². The second kappa shape index (κ2) is 5.19. The first-order valence-corrected chi connectivity index (χ1v) is 8.03. The van der Waals surface area contributed by atoms with Crippen molar-refractivity contribution in [3.8, 4) is 0 Å². The highest BCUT2D eigenvalue weighted by atomic mass is 79.9. The highest BCUT2D eigenvalue weighted by Gasteiger charge is 2.26. The zero-order chi connectivity index (χ0) is 13.4. The second-order valence-corrected chi connectivity index (χ2v) is 6.69. The molecule has 1 saturated carbocycles. The fourth-order valence-electron chi connectivity index (χ4n) is 1.83. The van der Waals surface area contributed by atoms with Crippen LogP contribution in [-0.4, -0.2) is 9.97 Å². The molecule has 0 amide bonds. The normalized spacial score (nSPS) is 14.4. The second-order valence-electron chi connectivity index (χ2n) is 4.54. The smallest absolute Gasteiger partial charge is 0.187 e. The van der Waals surface area contributed by atoms with Crippen molar-refractivity contribution in [3.63, 3.8) is 0 Å². The lowest BCUT2D eigenvalue weighted by atomic mass is 10.2. The van der Waals surface area contributed by atoms with Crippen LogP contribution in [-0.2, 0) is 0 Å². The van der Waals surface area contributed by atoms with Crippen molar-refractivity contribution in [3.05, 3.63) is 39.3 Å². The predicted molar refractivity (Wildman–Crippen MR) is 87.4 cm³/mol. The average molecular weight is 354 g/mol. The zero-order valence-electron chi connectivity index (χ0n) is 10.0. The molecule has 3 N–H and O–H groups in total. The van der Waals surface area contributed by atoms with Gasteiger partial charge in [0, 0.05) is 27.0 Å². The standard InChI is InChI=1S/C13H12BrN3S2/c14-10-5-8(3-4-9(10)12(15)18)16-13-17-11(6-19-13)7-1-2-7/h3-7H,1-2H2,(H2,15,18)(H,16,17). The van der Waals surface area contributed by atoms with E-state index in [1.54, 1.807) is 11.3 Å². The van der Waals surface area contributed by atoms with Gasteiger partial charge in [0.15, 0.2) is 5.13 Å². The number of nitrogens with one attached hydrogen (secondary N) is 1. The number of nitrogens with two attached hydrogens (primary N) is 1. The van der Waals surface area contributed by atoms with Crippen LogP contribution >= 0.6 is 39.5 Å². The van der Waals surface area contributed by atoms with Crippen molar-refractivity contribution < 1.29 is 0 Å². The van der Waals surface area contributed by atoms with E-state index in [1.807, 2.05) is 18.2 Å². The lowest BCUT2D eigenvalue weighted by molar-refractivity contribution is 1.05. The largest absolute Gasteiger partial charge is 0.389 e. The quantitative estimate of drug-likeness (QED) is 0.810. The topological polar surface area (TPSA) is 50.9 Å². The molecule has 1 fully saturated rings. The molecular formula is C13H12BrN3S2. The number of aromatic nitrogens is 1. The number of anilines is 2. The Morgan fingerprint density at radius 2 is 2.26 bits per heavy atom. The van der Waals surface area contributed by atoms with Gasteiger partial charge in [0.05, 0.1) is 5.69 Å². The monoisotopic (exact) mass is 353 g/mol. The Hall–Kier alpha value is -0.980. The van der Waals surface area contributed by atoms with Crippen molar-refractivity contribution >= 4 is 55.3 Å². The summed E-state index contributed by atoms with van der Waals surface area (Å²) in [6.07, 6.45) is 2.55. The molecule has 1 aromatic heterocycles. The minimum atomic E-state index is 0.392. The van der Waals surface area contributed by atoms with Crippen LogP contribution < -0.4 is 11.1 Å². The first kappa shape index (κ1) is 13.0. The van der Waals surface area contributed by atoms with Crippen LogP contribution in [0.5, 0.6) is 0 Å². The molecule has 1 aliphatic carbocycles. The number of hydrogen-bond donors (Lipinski definition) is 2. The van der Waals surface area contributed by atoms with Crippen LogP contribution in [0, 0.1) is 0 Å². The maximum Gasteiger partial charge on any atom is 0.187 e. The molecule has 0 bridgehead atoms. The molecule has 1 heterocycles. The molecule has 3 nitrogen and oxygen atoms in total. The number of thiazole rings is 1. The first-order chi connectivity index (χ1) is 9.13. The molecule has 1 aliphatic rings. The van der Waals surface area contributed by atoms with Crippen molar-refractivity contribution in [1.82, 2.24) is 4.98 Å². The molecule has 0 unspecified atom stereocenters. The number of hydrogen-bond acceptors (Lipinski definition) is 4. The van der Waals surface area contributed by atoms with E-state index in [2.05, 4.69) is 31.6 Å². The van der Waals surface area contributed by atoms with Crippen LogP contribution in [0.1, 0.15) is 30.0 Å². The molecule has 1 aromatic carbocycles. The highest BCUT2D eigenvalue weighted by Crippen LogP contribution is 2.41. The van der Waals surface area contributed by atoms with Crippen LogP contribution in [0.4, 0.5) is 10.8 Å². The fourth-order valence-corrected chi connectivity index (χ4v) is 3.54. The highest BCUT2D eigenvalue weighted by molar-refractivity contribution is 9.10. The summed E-state index contributed by atoms with van der Waals surface area (Å²) in [5.74, 6) is 0.690. The van der Waals surface area contributed by atoms with Crippen molar-refractivity contribution in [2.75, 3.05) is 5.32 Å². The van der Waals surface area contributed by atoms with Gasteiger partial charge in [0.2, 0.25) is 0 Å². The third kappa shape index (κ3) is 2.96. The van der Waals surface area contributed by atoms with Gasteiger partial charge in [-0.1, -0.05) is 12.2 Å². The number of thiocarbonyl (C=S) groups is 1. The molecular weight excluding hydrogens is 342 g/mol. The number of nitrogens with zero attached hydrogens (tertiary/aromatic N) is 1. The van der Waals surface area contributed by atoms with Gasteiger partial charge in [-0.15, -0.1) is 11.3 Å². The Morgan fingerprint density at radius 3 is 2.89 bits per heavy atom. The van der Waals surface area contributed by atoms with E-state index in [4.69, 9.17) is 18.0 Å². The summed E-state index contributed by atoms with van der Waals surface area (Å²) >= 11 is 10.1. The van der Waals surface area contributed by atoms with Crippen molar-refractivity contribution in [2.45, 2.75) is 18.8 Å². The summed E-state index contributed by atoms with van der Waals surface area (Å²) < 4.78 is 0.893. The number of benzene rings is 1. The van der Waals surface area contributed by atoms with Gasteiger partial charge < -0.3 is 11.1 Å². The van der Waals surface area contributed by atoms with Crippen LogP contribution in [0.2, 0.25) is 0 Å². The Morgan fingerprint density at radius 1 is 1.47 bits per heavy atom. The van der Waals surface area contributed by atoms with E-state index in [-0.39, 0.29) is 0 Å². The van der Waals surface area contributed by atoms with Crippen molar-refractivity contribution in [2.24, 2.45) is 5.73 Å². The third-order valence-electron chi connectivity index (χ3n) is 3.00. The lowest BCUT2D eigenvalue weighted by Gasteiger charge is -2.06. The summed E-state index contributed by atoms with van der Waals surface area (Å²) in [7, 11) is 0. The Kier molecular flexibility index (Phi) is 3.56. The molecule has 98 valence electrons. The molecule has 0 radical (unpaired) electrons. The van der Waals surface area contributed by atoms with Gasteiger partial charge in [-0.05, 0) is 47.0 Å². The van der Waals surface area contributed by atoms with E-state index in [1.165, 1.54) is 18.5 Å². The summed E-state index contributed by atoms with van der Waals surface area (Å²) in [5.41, 5.74) is 8.67. The Balaban J connectivity index is 1.78. The molecule has 19 heavy (non-hydrogen) atoms. The van der Waals surface area contributed by atoms with Crippen LogP contribution in [0.3, 0.4) is 0 Å². The lowest BCUT2D eigenvalue weighted by Crippen LogP contribution is -2.10. The molecule has 0 aliphatic heterocycles. The van der Waals surface area contributed by atoms with Crippen molar-refractivity contribution in [1.29, 1.82) is 0 Å². The van der Waals surface area contributed by atoms with E-state index in [0.29, 0.717) is 10.9 Å². The fraction of sp³-hybridized carbons (Fsp3) is 0.231. The van der Waals surface area contributed by atoms with Gasteiger partial charge >= 0.3 is 0 Å². The van der Waals surface area contributed by atoms with Gasteiger partial charge in [-0.3, -0.25) is 0 Å². The summed E-state index contributed by atoms with van der Waals surface area (Å²) in [4.78, 5) is 4.99. The summed E-state index contributed by atoms with van der Waals surface area (Å²) in [6, 6.07) is 5.83. The van der Waals surface area contributed by atoms with Gasteiger partial charge in [-0.25, -0.2) is 4.98 Å². The Labute approximate surface area is 129 Å². The van der Waals surface area contributed by atoms with E-state index >= 15 is 0 Å². The van der Waals surface area contributed by atoms with E-state index < -0.39 is 0 Å².